The van der Waals surface area contributed by atoms with Crippen molar-refractivity contribution in [1.82, 2.24) is 15.0 Å². The number of carbonyl (C=O) groups is 1. The summed E-state index contributed by atoms with van der Waals surface area (Å²) in [5.41, 5.74) is 6.33. The lowest BCUT2D eigenvalue weighted by atomic mass is 10.4. The van der Waals surface area contributed by atoms with Gasteiger partial charge in [0.25, 0.3) is 0 Å². The molecule has 0 spiro atoms. The van der Waals surface area contributed by atoms with Gasteiger partial charge in [0.15, 0.2) is 0 Å². The zero-order valence-corrected chi connectivity index (χ0v) is 10.3. The van der Waals surface area contributed by atoms with Gasteiger partial charge >= 0.3 is 5.97 Å². The third-order valence-corrected chi connectivity index (χ3v) is 2.97. The van der Waals surface area contributed by atoms with Gasteiger partial charge in [0, 0.05) is 12.4 Å². The van der Waals surface area contributed by atoms with E-state index in [1.54, 1.807) is 24.4 Å². The number of ether oxygens (including phenoxy) is 1. The van der Waals surface area contributed by atoms with Crippen molar-refractivity contribution in [2.75, 3.05) is 12.8 Å². The van der Waals surface area contributed by atoms with Crippen molar-refractivity contribution in [3.63, 3.8) is 0 Å². The first-order valence-corrected chi connectivity index (χ1v) is 5.82. The Balaban J connectivity index is 2.25. The maximum Gasteiger partial charge on any atom is 0.376 e. The van der Waals surface area contributed by atoms with Gasteiger partial charge < -0.3 is 10.5 Å². The molecule has 0 saturated heterocycles. The van der Waals surface area contributed by atoms with E-state index in [0.29, 0.717) is 15.7 Å². The minimum atomic E-state index is -0.577. The Morgan fingerprint density at radius 1 is 1.33 bits per heavy atom. The van der Waals surface area contributed by atoms with Gasteiger partial charge in [-0.15, -0.1) is 0 Å². The molecule has 0 aliphatic rings. The van der Waals surface area contributed by atoms with Gasteiger partial charge in [0.1, 0.15) is 10.1 Å². The van der Waals surface area contributed by atoms with Gasteiger partial charge in [0.2, 0.25) is 5.82 Å². The minimum Gasteiger partial charge on any atom is -0.463 e. The van der Waals surface area contributed by atoms with Gasteiger partial charge in [0.05, 0.1) is 12.8 Å². The van der Waals surface area contributed by atoms with Crippen LogP contribution in [0.5, 0.6) is 0 Å². The van der Waals surface area contributed by atoms with Gasteiger partial charge in [-0.05, 0) is 30.0 Å². The smallest absolute Gasteiger partial charge is 0.376 e. The number of pyridine rings is 1. The molecule has 6 nitrogen and oxygen atoms in total. The van der Waals surface area contributed by atoms with E-state index in [0.717, 1.165) is 0 Å². The molecule has 18 heavy (non-hydrogen) atoms. The topological polar surface area (TPSA) is 91.0 Å². The molecule has 0 fully saturated rings. The highest BCUT2D eigenvalue weighted by Gasteiger charge is 2.11. The Morgan fingerprint density at radius 2 is 2.17 bits per heavy atom. The second-order valence-electron chi connectivity index (χ2n) is 3.21. The summed E-state index contributed by atoms with van der Waals surface area (Å²) in [6, 6.07) is 5.17. The molecule has 2 heterocycles. The first-order valence-electron chi connectivity index (χ1n) is 5.00. The quantitative estimate of drug-likeness (QED) is 0.660. The number of nitrogens with two attached hydrogens (primary N) is 1. The number of methoxy groups -OCH3 is 1. The molecule has 2 rings (SSSR count). The molecule has 0 bridgehead atoms. The van der Waals surface area contributed by atoms with Gasteiger partial charge in [-0.25, -0.2) is 19.7 Å². The summed E-state index contributed by atoms with van der Waals surface area (Å²) in [5.74, 6) is -0.566. The lowest BCUT2D eigenvalue weighted by Crippen LogP contribution is -2.07. The molecule has 2 N–H and O–H groups in total. The van der Waals surface area contributed by atoms with Gasteiger partial charge in [-0.3, -0.25) is 0 Å². The van der Waals surface area contributed by atoms with E-state index in [4.69, 9.17) is 5.73 Å². The molecule has 2 aromatic heterocycles. The van der Waals surface area contributed by atoms with E-state index in [1.807, 2.05) is 0 Å². The maximum absolute atomic E-state index is 11.3. The highest BCUT2D eigenvalue weighted by molar-refractivity contribution is 7.99. The van der Waals surface area contributed by atoms with E-state index >= 15 is 0 Å². The number of hydrogen-bond donors (Lipinski definition) is 1. The zero-order valence-electron chi connectivity index (χ0n) is 9.53. The number of rotatable bonds is 3. The molecule has 2 aromatic rings. The summed E-state index contributed by atoms with van der Waals surface area (Å²) in [4.78, 5) is 23.3. The van der Waals surface area contributed by atoms with Crippen LogP contribution in [0.25, 0.3) is 0 Å². The molecule has 0 amide bonds. The number of hydrogen-bond acceptors (Lipinski definition) is 7. The van der Waals surface area contributed by atoms with Crippen molar-refractivity contribution in [2.24, 2.45) is 0 Å². The summed E-state index contributed by atoms with van der Waals surface area (Å²) in [6.45, 7) is 0. The Labute approximate surface area is 108 Å². The molecule has 0 aromatic carbocycles. The number of esters is 1. The zero-order chi connectivity index (χ0) is 13.0. The summed E-state index contributed by atoms with van der Waals surface area (Å²) in [6.07, 6.45) is 3.13. The lowest BCUT2D eigenvalue weighted by Gasteiger charge is -2.03. The molecule has 92 valence electrons. The normalized spacial score (nSPS) is 10.1. The lowest BCUT2D eigenvalue weighted by molar-refractivity contribution is 0.0585. The number of nitrogens with zero attached hydrogens (tertiary/aromatic N) is 3. The molecule has 0 atom stereocenters. The molecule has 0 unspecified atom stereocenters. The number of nitrogen functional groups attached to an aromatic ring is 1. The third-order valence-electron chi connectivity index (χ3n) is 2.00. The van der Waals surface area contributed by atoms with Gasteiger partial charge in [-0.2, -0.15) is 0 Å². The van der Waals surface area contributed by atoms with E-state index in [1.165, 1.54) is 25.1 Å². The molecular formula is C11H10N4O2S. The first-order chi connectivity index (χ1) is 8.70. The van der Waals surface area contributed by atoms with Crippen LogP contribution in [0.2, 0.25) is 0 Å². The highest BCUT2D eigenvalue weighted by atomic mass is 32.2. The fourth-order valence-corrected chi connectivity index (χ4v) is 1.93. The molecule has 0 radical (unpaired) electrons. The summed E-state index contributed by atoms with van der Waals surface area (Å²) in [5, 5.41) is 1.21. The first kappa shape index (κ1) is 12.3. The standard InChI is InChI=1S/C11H10N4O2S/c1-17-11(16)9-13-6-4-8(15-9)18-10-7(12)3-2-5-14-10/h2-6H,12H2,1H3. The monoisotopic (exact) mass is 262 g/mol. The largest absolute Gasteiger partial charge is 0.463 e. The van der Waals surface area contributed by atoms with Crippen LogP contribution in [0.1, 0.15) is 10.6 Å². The predicted molar refractivity (Wildman–Crippen MR) is 66.1 cm³/mol. The number of anilines is 1. The third kappa shape index (κ3) is 2.75. The fraction of sp³-hybridized carbons (Fsp3) is 0.0909. The average Bonchev–Trinajstić information content (AvgIpc) is 2.41. The van der Waals surface area contributed by atoms with E-state index < -0.39 is 5.97 Å². The second kappa shape index (κ2) is 5.46. The molecule has 0 saturated carbocycles. The Hall–Kier alpha value is -2.15. The Bertz CT molecular complexity index is 576. The van der Waals surface area contributed by atoms with Crippen molar-refractivity contribution < 1.29 is 9.53 Å². The highest BCUT2D eigenvalue weighted by Crippen LogP contribution is 2.27. The average molecular weight is 262 g/mol. The van der Waals surface area contributed by atoms with E-state index in [9.17, 15) is 4.79 Å². The number of aromatic nitrogens is 3. The maximum atomic E-state index is 11.3. The second-order valence-corrected chi connectivity index (χ2v) is 4.22. The van der Waals surface area contributed by atoms with Crippen LogP contribution in [-0.2, 0) is 4.74 Å². The Kier molecular flexibility index (Phi) is 3.73. The van der Waals surface area contributed by atoms with Gasteiger partial charge in [-0.1, -0.05) is 0 Å². The van der Waals surface area contributed by atoms with Crippen LogP contribution in [0.4, 0.5) is 5.69 Å². The molecule has 0 aliphatic heterocycles. The molecule has 0 aliphatic carbocycles. The summed E-state index contributed by atoms with van der Waals surface area (Å²) >= 11 is 1.26. The van der Waals surface area contributed by atoms with Crippen molar-refractivity contribution in [3.8, 4) is 0 Å². The van der Waals surface area contributed by atoms with Crippen molar-refractivity contribution in [1.29, 1.82) is 0 Å². The Morgan fingerprint density at radius 3 is 2.89 bits per heavy atom. The van der Waals surface area contributed by atoms with Crippen molar-refractivity contribution in [3.05, 3.63) is 36.4 Å². The van der Waals surface area contributed by atoms with Crippen LogP contribution in [-0.4, -0.2) is 28.0 Å². The SMILES string of the molecule is COC(=O)c1nccc(Sc2ncccc2N)n1. The van der Waals surface area contributed by atoms with Crippen LogP contribution in [0.15, 0.2) is 40.6 Å². The number of carbonyl (C=O) groups excluding carboxylic acids is 1. The predicted octanol–water partition coefficient (Wildman–Crippen LogP) is 1.39. The van der Waals surface area contributed by atoms with Crippen LogP contribution < -0.4 is 5.73 Å². The fourth-order valence-electron chi connectivity index (χ4n) is 1.18. The van der Waals surface area contributed by atoms with E-state index in [-0.39, 0.29) is 5.82 Å². The summed E-state index contributed by atoms with van der Waals surface area (Å²) < 4.78 is 4.55. The molecule has 7 heteroatoms. The van der Waals surface area contributed by atoms with Crippen LogP contribution >= 0.6 is 11.8 Å². The molecular weight excluding hydrogens is 252 g/mol. The summed E-state index contributed by atoms with van der Waals surface area (Å²) in [7, 11) is 1.28. The van der Waals surface area contributed by atoms with Crippen LogP contribution in [0, 0.1) is 0 Å². The van der Waals surface area contributed by atoms with Crippen molar-refractivity contribution >= 4 is 23.4 Å². The minimum absolute atomic E-state index is 0.0111. The van der Waals surface area contributed by atoms with Crippen molar-refractivity contribution in [2.45, 2.75) is 10.1 Å². The van der Waals surface area contributed by atoms with E-state index in [2.05, 4.69) is 19.7 Å². The van der Waals surface area contributed by atoms with Crippen LogP contribution in [0.3, 0.4) is 0 Å².